The van der Waals surface area contributed by atoms with Gasteiger partial charge in [0.05, 0.1) is 0 Å². The monoisotopic (exact) mass is 313 g/mol. The van der Waals surface area contributed by atoms with Crippen molar-refractivity contribution in [2.24, 2.45) is 0 Å². The molecule has 1 amide bonds. The van der Waals surface area contributed by atoms with Gasteiger partial charge in [0.2, 0.25) is 12.2 Å². The Kier molecular flexibility index (Phi) is 4.66. The molecule has 0 saturated heterocycles. The summed E-state index contributed by atoms with van der Waals surface area (Å²) in [6, 6.07) is 13.7. The predicted octanol–water partition coefficient (Wildman–Crippen LogP) is 2.63. The number of hydrogen-bond acceptors (Lipinski definition) is 4. The van der Waals surface area contributed by atoms with E-state index >= 15 is 0 Å². The van der Waals surface area contributed by atoms with Gasteiger partial charge in [0, 0.05) is 19.2 Å². The molecule has 1 aliphatic heterocycles. The molecular formula is C18H19NO4. The van der Waals surface area contributed by atoms with E-state index in [1.54, 1.807) is 11.9 Å². The molecule has 0 radical (unpaired) electrons. The quantitative estimate of drug-likeness (QED) is 0.769. The van der Waals surface area contributed by atoms with Crippen molar-refractivity contribution in [2.45, 2.75) is 13.2 Å². The summed E-state index contributed by atoms with van der Waals surface area (Å²) in [5.74, 6) is 1.93. The molecule has 5 nitrogen and oxygen atoms in total. The zero-order valence-electron chi connectivity index (χ0n) is 13.0. The van der Waals surface area contributed by atoms with Gasteiger partial charge >= 0.3 is 0 Å². The second kappa shape index (κ2) is 7.05. The minimum absolute atomic E-state index is 0.463. The molecule has 0 bridgehead atoms. The van der Waals surface area contributed by atoms with Gasteiger partial charge < -0.3 is 19.1 Å². The Bertz CT molecular complexity index is 672. The SMILES string of the molecule is CN(C=O)Cc1ccc(OCc2ccccc2)c2c1OCCO2. The zero-order valence-corrected chi connectivity index (χ0v) is 13.0. The van der Waals surface area contributed by atoms with E-state index in [1.807, 2.05) is 42.5 Å². The molecule has 120 valence electrons. The lowest BCUT2D eigenvalue weighted by atomic mass is 10.1. The van der Waals surface area contributed by atoms with Crippen molar-refractivity contribution >= 4 is 6.41 Å². The maximum Gasteiger partial charge on any atom is 0.209 e. The number of hydrogen-bond donors (Lipinski definition) is 0. The van der Waals surface area contributed by atoms with Gasteiger partial charge in [0.1, 0.15) is 19.8 Å². The number of ether oxygens (including phenoxy) is 3. The fraction of sp³-hybridized carbons (Fsp3) is 0.278. The second-order valence-corrected chi connectivity index (χ2v) is 5.37. The van der Waals surface area contributed by atoms with Crippen molar-refractivity contribution < 1.29 is 19.0 Å². The highest BCUT2D eigenvalue weighted by atomic mass is 16.6. The highest BCUT2D eigenvalue weighted by molar-refractivity contribution is 5.57. The number of benzene rings is 2. The number of carbonyl (C=O) groups excluding carboxylic acids is 1. The molecular weight excluding hydrogens is 294 g/mol. The van der Waals surface area contributed by atoms with Crippen molar-refractivity contribution in [3.8, 4) is 17.2 Å². The highest BCUT2D eigenvalue weighted by Gasteiger charge is 2.21. The Balaban J connectivity index is 1.82. The molecule has 3 rings (SSSR count). The third-order valence-electron chi connectivity index (χ3n) is 3.57. The number of fused-ring (bicyclic) bond motifs is 1. The number of nitrogens with zero attached hydrogens (tertiary/aromatic N) is 1. The van der Waals surface area contributed by atoms with E-state index in [2.05, 4.69) is 0 Å². The molecule has 0 atom stereocenters. The molecule has 2 aromatic rings. The lowest BCUT2D eigenvalue weighted by Gasteiger charge is -2.24. The molecule has 23 heavy (non-hydrogen) atoms. The summed E-state index contributed by atoms with van der Waals surface area (Å²) in [7, 11) is 1.73. The molecule has 0 unspecified atom stereocenters. The van der Waals surface area contributed by atoms with Crippen LogP contribution in [0.25, 0.3) is 0 Å². The first-order chi connectivity index (χ1) is 11.3. The van der Waals surface area contributed by atoms with Gasteiger partial charge in [-0.2, -0.15) is 0 Å². The average molecular weight is 313 g/mol. The van der Waals surface area contributed by atoms with Crippen LogP contribution in [0, 0.1) is 0 Å². The van der Waals surface area contributed by atoms with E-state index in [1.165, 1.54) is 0 Å². The third-order valence-corrected chi connectivity index (χ3v) is 3.57. The Morgan fingerprint density at radius 1 is 1.09 bits per heavy atom. The minimum atomic E-state index is 0.463. The Morgan fingerprint density at radius 3 is 2.57 bits per heavy atom. The third kappa shape index (κ3) is 3.56. The summed E-state index contributed by atoms with van der Waals surface area (Å²) in [6.07, 6.45) is 0.788. The van der Waals surface area contributed by atoms with Crippen LogP contribution in [-0.2, 0) is 17.9 Å². The molecule has 5 heteroatoms. The Morgan fingerprint density at radius 2 is 1.83 bits per heavy atom. The number of amides is 1. The highest BCUT2D eigenvalue weighted by Crippen LogP contribution is 2.42. The molecule has 0 N–H and O–H groups in total. The van der Waals surface area contributed by atoms with Crippen LogP contribution >= 0.6 is 0 Å². The van der Waals surface area contributed by atoms with Crippen molar-refractivity contribution in [3.63, 3.8) is 0 Å². The lowest BCUT2D eigenvalue weighted by Crippen LogP contribution is -2.20. The van der Waals surface area contributed by atoms with Crippen LogP contribution in [0.2, 0.25) is 0 Å². The summed E-state index contributed by atoms with van der Waals surface area (Å²) in [6.45, 7) is 1.91. The van der Waals surface area contributed by atoms with Gasteiger partial charge in [0.25, 0.3) is 0 Å². The zero-order chi connectivity index (χ0) is 16.1. The molecule has 0 aliphatic carbocycles. The predicted molar refractivity (Wildman–Crippen MR) is 85.7 cm³/mol. The summed E-state index contributed by atoms with van der Waals surface area (Å²) >= 11 is 0. The summed E-state index contributed by atoms with van der Waals surface area (Å²) in [5, 5.41) is 0. The standard InChI is InChI=1S/C18H19NO4/c1-19(13-20)11-15-7-8-16(18-17(15)21-9-10-22-18)23-12-14-5-3-2-4-6-14/h2-8,13H,9-12H2,1H3. The van der Waals surface area contributed by atoms with Crippen LogP contribution in [0.15, 0.2) is 42.5 Å². The van der Waals surface area contributed by atoms with Gasteiger partial charge in [-0.15, -0.1) is 0 Å². The average Bonchev–Trinajstić information content (AvgIpc) is 2.62. The number of carbonyl (C=O) groups is 1. The fourth-order valence-corrected chi connectivity index (χ4v) is 2.45. The molecule has 0 spiro atoms. The first-order valence-electron chi connectivity index (χ1n) is 7.51. The normalized spacial score (nSPS) is 12.6. The van der Waals surface area contributed by atoms with E-state index in [9.17, 15) is 4.79 Å². The van der Waals surface area contributed by atoms with Crippen LogP contribution in [0.4, 0.5) is 0 Å². The van der Waals surface area contributed by atoms with Gasteiger partial charge in [0.15, 0.2) is 11.5 Å². The maximum atomic E-state index is 10.8. The summed E-state index contributed by atoms with van der Waals surface area (Å²) in [5.41, 5.74) is 1.99. The topological polar surface area (TPSA) is 48.0 Å². The first-order valence-corrected chi connectivity index (χ1v) is 7.51. The van der Waals surface area contributed by atoms with E-state index < -0.39 is 0 Å². The Labute approximate surface area is 135 Å². The lowest BCUT2D eigenvalue weighted by molar-refractivity contribution is -0.117. The molecule has 0 saturated carbocycles. The molecule has 0 aromatic heterocycles. The van der Waals surface area contributed by atoms with E-state index in [-0.39, 0.29) is 0 Å². The maximum absolute atomic E-state index is 10.8. The molecule has 2 aromatic carbocycles. The molecule has 0 fully saturated rings. The minimum Gasteiger partial charge on any atom is -0.486 e. The van der Waals surface area contributed by atoms with Crippen molar-refractivity contribution in [1.29, 1.82) is 0 Å². The van der Waals surface area contributed by atoms with Gasteiger partial charge in [-0.1, -0.05) is 30.3 Å². The summed E-state index contributed by atoms with van der Waals surface area (Å²) in [4.78, 5) is 12.4. The van der Waals surface area contributed by atoms with Crippen molar-refractivity contribution in [2.75, 3.05) is 20.3 Å². The van der Waals surface area contributed by atoms with Crippen LogP contribution in [0.3, 0.4) is 0 Å². The number of rotatable bonds is 6. The first kappa shape index (κ1) is 15.2. The van der Waals surface area contributed by atoms with Crippen molar-refractivity contribution in [3.05, 3.63) is 53.6 Å². The van der Waals surface area contributed by atoms with E-state index in [0.717, 1.165) is 17.5 Å². The van der Waals surface area contributed by atoms with Crippen molar-refractivity contribution in [1.82, 2.24) is 4.90 Å². The fourth-order valence-electron chi connectivity index (χ4n) is 2.45. The molecule has 1 heterocycles. The van der Waals surface area contributed by atoms with Crippen LogP contribution < -0.4 is 14.2 Å². The van der Waals surface area contributed by atoms with Crippen LogP contribution in [0.1, 0.15) is 11.1 Å². The van der Waals surface area contributed by atoms with Gasteiger partial charge in [-0.05, 0) is 17.7 Å². The van der Waals surface area contributed by atoms with Crippen LogP contribution in [0.5, 0.6) is 17.2 Å². The molecule has 1 aliphatic rings. The smallest absolute Gasteiger partial charge is 0.209 e. The van der Waals surface area contributed by atoms with E-state index in [4.69, 9.17) is 14.2 Å². The summed E-state index contributed by atoms with van der Waals surface area (Å²) < 4.78 is 17.4. The van der Waals surface area contributed by atoms with E-state index in [0.29, 0.717) is 43.6 Å². The van der Waals surface area contributed by atoms with Gasteiger partial charge in [-0.3, -0.25) is 4.79 Å². The second-order valence-electron chi connectivity index (χ2n) is 5.37. The van der Waals surface area contributed by atoms with Gasteiger partial charge in [-0.25, -0.2) is 0 Å². The Hall–Kier alpha value is -2.69. The largest absolute Gasteiger partial charge is 0.486 e. The van der Waals surface area contributed by atoms with Crippen LogP contribution in [-0.4, -0.2) is 31.6 Å².